The van der Waals surface area contributed by atoms with Crippen molar-refractivity contribution in [3.8, 4) is 0 Å². The molecule has 1 radical (unpaired) electrons. The normalized spacial score (nSPS) is 24.2. The molecule has 1 saturated carbocycles. The van der Waals surface area contributed by atoms with Crippen LogP contribution in [0.4, 0.5) is 0 Å². The first kappa shape index (κ1) is 7.71. The van der Waals surface area contributed by atoms with Gasteiger partial charge in [0.2, 0.25) is 0 Å². The van der Waals surface area contributed by atoms with Gasteiger partial charge in [-0.2, -0.15) is 0 Å². The quantitative estimate of drug-likeness (QED) is 0.584. The lowest BCUT2D eigenvalue weighted by Crippen LogP contribution is -2.13. The molecule has 0 spiro atoms. The van der Waals surface area contributed by atoms with Gasteiger partial charge >= 0.3 is 0 Å². The van der Waals surface area contributed by atoms with Gasteiger partial charge in [-0.3, -0.25) is 5.32 Å². The van der Waals surface area contributed by atoms with Crippen LogP contribution >= 0.6 is 0 Å². The molecule has 2 rings (SSSR count). The Labute approximate surface area is 73.3 Å². The average molecular weight is 164 g/mol. The molecule has 1 aliphatic heterocycles. The Bertz CT molecular complexity index is 202. The standard InChI is InChI=1S/C10H14NO/c1-2-4-9(5-3-1)10-8-11-6-7-12-10/h6-9H,1-5H2. The summed E-state index contributed by atoms with van der Waals surface area (Å²) in [4.78, 5) is 0. The number of ether oxygens (including phenoxy) is 1. The fourth-order valence-corrected chi connectivity index (χ4v) is 1.88. The fraction of sp³-hybridized carbons (Fsp3) is 0.600. The Morgan fingerprint density at radius 2 is 2.08 bits per heavy atom. The van der Waals surface area contributed by atoms with Crippen LogP contribution in [0.25, 0.3) is 0 Å². The second-order valence-corrected chi connectivity index (χ2v) is 3.42. The van der Waals surface area contributed by atoms with Crippen molar-refractivity contribution in [2.75, 3.05) is 0 Å². The summed E-state index contributed by atoms with van der Waals surface area (Å²) in [5, 5.41) is 4.07. The van der Waals surface area contributed by atoms with Gasteiger partial charge in [0.05, 0.1) is 12.4 Å². The number of nitrogens with zero attached hydrogens (tertiary/aromatic N) is 1. The molecule has 0 aromatic heterocycles. The molecular weight excluding hydrogens is 150 g/mol. The number of hydrogen-bond donors (Lipinski definition) is 0. The predicted molar refractivity (Wildman–Crippen MR) is 47.0 cm³/mol. The molecule has 2 nitrogen and oxygen atoms in total. The molecule has 0 aromatic carbocycles. The summed E-state index contributed by atoms with van der Waals surface area (Å²) in [6.45, 7) is 0. The summed E-state index contributed by atoms with van der Waals surface area (Å²) in [6, 6.07) is 0. The van der Waals surface area contributed by atoms with Crippen LogP contribution in [0.2, 0.25) is 0 Å². The van der Waals surface area contributed by atoms with E-state index in [0.29, 0.717) is 5.92 Å². The zero-order valence-electron chi connectivity index (χ0n) is 7.20. The van der Waals surface area contributed by atoms with Crippen molar-refractivity contribution in [3.05, 3.63) is 24.4 Å². The number of rotatable bonds is 1. The van der Waals surface area contributed by atoms with Crippen LogP contribution in [0.1, 0.15) is 32.1 Å². The monoisotopic (exact) mass is 164 g/mol. The van der Waals surface area contributed by atoms with E-state index in [9.17, 15) is 0 Å². The van der Waals surface area contributed by atoms with E-state index >= 15 is 0 Å². The molecule has 0 amide bonds. The fourth-order valence-electron chi connectivity index (χ4n) is 1.88. The molecular formula is C10H14NO. The van der Waals surface area contributed by atoms with E-state index in [0.717, 1.165) is 5.76 Å². The Balaban J connectivity index is 1.93. The van der Waals surface area contributed by atoms with Crippen LogP contribution in [0.3, 0.4) is 0 Å². The Kier molecular flexibility index (Phi) is 2.35. The molecule has 2 aliphatic rings. The zero-order chi connectivity index (χ0) is 8.23. The van der Waals surface area contributed by atoms with Gasteiger partial charge in [0.25, 0.3) is 0 Å². The summed E-state index contributed by atoms with van der Waals surface area (Å²) in [5.41, 5.74) is 0. The number of hydrogen-bond acceptors (Lipinski definition) is 1. The number of allylic oxidation sites excluding steroid dienone is 1. The van der Waals surface area contributed by atoms with E-state index < -0.39 is 0 Å². The SMILES string of the molecule is C1=COC(C2CCCCC2)=C[N]1. The second-order valence-electron chi connectivity index (χ2n) is 3.42. The third-order valence-corrected chi connectivity index (χ3v) is 2.56. The van der Waals surface area contributed by atoms with Gasteiger partial charge in [0.15, 0.2) is 0 Å². The molecule has 0 bridgehead atoms. The molecule has 65 valence electrons. The summed E-state index contributed by atoms with van der Waals surface area (Å²) < 4.78 is 5.40. The first-order valence-corrected chi connectivity index (χ1v) is 4.68. The Morgan fingerprint density at radius 1 is 1.25 bits per heavy atom. The summed E-state index contributed by atoms with van der Waals surface area (Å²) in [7, 11) is 0. The first-order valence-electron chi connectivity index (χ1n) is 4.68. The Hall–Kier alpha value is -0.920. The van der Waals surface area contributed by atoms with Crippen molar-refractivity contribution in [1.82, 2.24) is 5.32 Å². The van der Waals surface area contributed by atoms with Crippen LogP contribution in [-0.2, 0) is 4.74 Å². The molecule has 0 N–H and O–H groups in total. The minimum absolute atomic E-state index is 0.632. The van der Waals surface area contributed by atoms with Crippen LogP contribution in [0, 0.1) is 5.92 Å². The smallest absolute Gasteiger partial charge is 0.124 e. The molecule has 0 atom stereocenters. The van der Waals surface area contributed by atoms with Crippen molar-refractivity contribution < 1.29 is 4.74 Å². The van der Waals surface area contributed by atoms with Gasteiger partial charge in [0, 0.05) is 5.92 Å². The third-order valence-electron chi connectivity index (χ3n) is 2.56. The zero-order valence-corrected chi connectivity index (χ0v) is 7.20. The van der Waals surface area contributed by atoms with E-state index in [2.05, 4.69) is 5.32 Å². The minimum atomic E-state index is 0.632. The van der Waals surface area contributed by atoms with Crippen LogP contribution in [-0.4, -0.2) is 0 Å². The predicted octanol–water partition coefficient (Wildman–Crippen LogP) is 2.51. The van der Waals surface area contributed by atoms with Crippen LogP contribution in [0.15, 0.2) is 24.4 Å². The molecule has 1 fully saturated rings. The van der Waals surface area contributed by atoms with Gasteiger partial charge in [0.1, 0.15) is 12.0 Å². The average Bonchev–Trinajstić information content (AvgIpc) is 2.21. The van der Waals surface area contributed by atoms with Crippen molar-refractivity contribution >= 4 is 0 Å². The molecule has 1 heterocycles. The van der Waals surface area contributed by atoms with Gasteiger partial charge in [-0.05, 0) is 12.8 Å². The Morgan fingerprint density at radius 3 is 2.75 bits per heavy atom. The molecule has 0 aromatic rings. The molecule has 0 unspecified atom stereocenters. The molecule has 1 aliphatic carbocycles. The maximum atomic E-state index is 5.40. The van der Waals surface area contributed by atoms with Gasteiger partial charge in [-0.25, -0.2) is 0 Å². The summed E-state index contributed by atoms with van der Waals surface area (Å²) in [6.07, 6.45) is 11.8. The lowest BCUT2D eigenvalue weighted by atomic mass is 9.88. The van der Waals surface area contributed by atoms with Crippen molar-refractivity contribution in [2.24, 2.45) is 5.92 Å². The largest absolute Gasteiger partial charge is 0.466 e. The van der Waals surface area contributed by atoms with Crippen LogP contribution < -0.4 is 5.32 Å². The topological polar surface area (TPSA) is 23.3 Å². The molecule has 0 saturated heterocycles. The minimum Gasteiger partial charge on any atom is -0.466 e. The molecule has 12 heavy (non-hydrogen) atoms. The first-order chi connectivity index (χ1) is 5.97. The highest BCUT2D eigenvalue weighted by Crippen LogP contribution is 2.30. The van der Waals surface area contributed by atoms with E-state index in [1.807, 2.05) is 6.20 Å². The third kappa shape index (κ3) is 1.63. The summed E-state index contributed by atoms with van der Waals surface area (Å²) >= 11 is 0. The van der Waals surface area contributed by atoms with Crippen LogP contribution in [0.5, 0.6) is 0 Å². The molecule has 2 heteroatoms. The van der Waals surface area contributed by atoms with E-state index in [4.69, 9.17) is 4.74 Å². The lowest BCUT2D eigenvalue weighted by Gasteiger charge is -2.23. The highest BCUT2D eigenvalue weighted by atomic mass is 16.5. The van der Waals surface area contributed by atoms with E-state index in [1.165, 1.54) is 32.1 Å². The van der Waals surface area contributed by atoms with E-state index in [1.54, 1.807) is 12.5 Å². The second kappa shape index (κ2) is 3.65. The van der Waals surface area contributed by atoms with Crippen molar-refractivity contribution in [3.63, 3.8) is 0 Å². The maximum Gasteiger partial charge on any atom is 0.124 e. The van der Waals surface area contributed by atoms with Gasteiger partial charge < -0.3 is 4.74 Å². The van der Waals surface area contributed by atoms with Gasteiger partial charge in [-0.1, -0.05) is 19.3 Å². The van der Waals surface area contributed by atoms with Crippen molar-refractivity contribution in [2.45, 2.75) is 32.1 Å². The maximum absolute atomic E-state index is 5.40. The highest BCUT2D eigenvalue weighted by molar-refractivity contribution is 5.05. The van der Waals surface area contributed by atoms with E-state index in [-0.39, 0.29) is 0 Å². The van der Waals surface area contributed by atoms with Crippen molar-refractivity contribution in [1.29, 1.82) is 0 Å². The highest BCUT2D eigenvalue weighted by Gasteiger charge is 2.19. The van der Waals surface area contributed by atoms with Gasteiger partial charge in [-0.15, -0.1) is 0 Å². The summed E-state index contributed by atoms with van der Waals surface area (Å²) in [5.74, 6) is 1.70. The lowest BCUT2D eigenvalue weighted by molar-refractivity contribution is 0.241.